The van der Waals surface area contributed by atoms with Crippen molar-refractivity contribution in [1.29, 1.82) is 0 Å². The monoisotopic (exact) mass is 271 g/mol. The van der Waals surface area contributed by atoms with Crippen LogP contribution < -0.4 is 10.1 Å². The SMILES string of the molecule is Cc1cnc(NC2COc3ccccc32)c([N+](=O)[O-])c1. The summed E-state index contributed by atoms with van der Waals surface area (Å²) < 4.78 is 5.55. The number of rotatable bonds is 3. The molecule has 1 atom stereocenters. The highest BCUT2D eigenvalue weighted by Crippen LogP contribution is 2.35. The fourth-order valence-corrected chi connectivity index (χ4v) is 2.25. The van der Waals surface area contributed by atoms with E-state index in [2.05, 4.69) is 10.3 Å². The maximum atomic E-state index is 11.1. The third-order valence-electron chi connectivity index (χ3n) is 3.21. The first kappa shape index (κ1) is 12.4. The number of ether oxygens (including phenoxy) is 1. The summed E-state index contributed by atoms with van der Waals surface area (Å²) in [6, 6.07) is 9.03. The lowest BCUT2D eigenvalue weighted by molar-refractivity contribution is -0.384. The van der Waals surface area contributed by atoms with E-state index < -0.39 is 4.92 Å². The van der Waals surface area contributed by atoms with Crippen molar-refractivity contribution in [1.82, 2.24) is 4.98 Å². The van der Waals surface area contributed by atoms with Crippen LogP contribution in [0.1, 0.15) is 17.2 Å². The summed E-state index contributed by atoms with van der Waals surface area (Å²) in [5, 5.41) is 14.2. The van der Waals surface area contributed by atoms with Crippen molar-refractivity contribution in [3.05, 3.63) is 57.8 Å². The van der Waals surface area contributed by atoms with Gasteiger partial charge >= 0.3 is 5.69 Å². The van der Waals surface area contributed by atoms with Gasteiger partial charge < -0.3 is 10.1 Å². The van der Waals surface area contributed by atoms with E-state index in [-0.39, 0.29) is 17.5 Å². The van der Waals surface area contributed by atoms with E-state index in [0.29, 0.717) is 6.61 Å². The van der Waals surface area contributed by atoms with Gasteiger partial charge in [0, 0.05) is 17.8 Å². The van der Waals surface area contributed by atoms with E-state index in [1.807, 2.05) is 24.3 Å². The van der Waals surface area contributed by atoms with Crippen LogP contribution in [0.3, 0.4) is 0 Å². The van der Waals surface area contributed by atoms with Crippen LogP contribution in [-0.4, -0.2) is 16.5 Å². The van der Waals surface area contributed by atoms with Crippen molar-refractivity contribution in [2.75, 3.05) is 11.9 Å². The van der Waals surface area contributed by atoms with E-state index in [9.17, 15) is 10.1 Å². The Balaban J connectivity index is 1.92. The van der Waals surface area contributed by atoms with E-state index in [4.69, 9.17) is 4.74 Å². The summed E-state index contributed by atoms with van der Waals surface area (Å²) in [6.07, 6.45) is 1.61. The molecule has 0 spiro atoms. The second-order valence-corrected chi connectivity index (χ2v) is 4.68. The van der Waals surface area contributed by atoms with Gasteiger partial charge in [-0.05, 0) is 18.6 Å². The molecule has 2 heterocycles. The highest BCUT2D eigenvalue weighted by atomic mass is 16.6. The maximum absolute atomic E-state index is 11.1. The zero-order valence-electron chi connectivity index (χ0n) is 10.9. The predicted molar refractivity (Wildman–Crippen MR) is 73.9 cm³/mol. The molecule has 6 nitrogen and oxygen atoms in total. The molecule has 1 aromatic heterocycles. The highest BCUT2D eigenvalue weighted by Gasteiger charge is 2.26. The molecule has 0 saturated heterocycles. The lowest BCUT2D eigenvalue weighted by Crippen LogP contribution is -2.14. The molecule has 0 fully saturated rings. The Bertz CT molecular complexity index is 672. The molecule has 0 aliphatic carbocycles. The van der Waals surface area contributed by atoms with E-state index in [1.54, 1.807) is 13.1 Å². The normalized spacial score (nSPS) is 16.4. The number of nitrogens with one attached hydrogen (secondary N) is 1. The number of fused-ring (bicyclic) bond motifs is 1. The van der Waals surface area contributed by atoms with Gasteiger partial charge in [-0.15, -0.1) is 0 Å². The standard InChI is InChI=1S/C14H13N3O3/c1-9-6-12(17(18)19)14(15-7-9)16-11-8-20-13-5-3-2-4-10(11)13/h2-7,11H,8H2,1H3,(H,15,16). The number of nitrogens with zero attached hydrogens (tertiary/aromatic N) is 2. The van der Waals surface area contributed by atoms with Crippen LogP contribution in [0, 0.1) is 17.0 Å². The Hall–Kier alpha value is -2.63. The molecule has 1 N–H and O–H groups in total. The number of anilines is 1. The first-order chi connectivity index (χ1) is 9.65. The molecule has 1 aliphatic heterocycles. The van der Waals surface area contributed by atoms with Gasteiger partial charge in [0.05, 0.1) is 11.0 Å². The van der Waals surface area contributed by atoms with Gasteiger partial charge in [0.2, 0.25) is 5.82 Å². The smallest absolute Gasteiger partial charge is 0.311 e. The van der Waals surface area contributed by atoms with Crippen LogP contribution in [0.5, 0.6) is 5.75 Å². The molecule has 0 radical (unpaired) electrons. The number of hydrogen-bond acceptors (Lipinski definition) is 5. The van der Waals surface area contributed by atoms with Crippen LogP contribution in [0.15, 0.2) is 36.5 Å². The fourth-order valence-electron chi connectivity index (χ4n) is 2.25. The summed E-state index contributed by atoms with van der Waals surface area (Å²) >= 11 is 0. The molecule has 102 valence electrons. The lowest BCUT2D eigenvalue weighted by atomic mass is 10.1. The van der Waals surface area contributed by atoms with Gasteiger partial charge in [0.25, 0.3) is 0 Å². The molecule has 20 heavy (non-hydrogen) atoms. The summed E-state index contributed by atoms with van der Waals surface area (Å²) in [4.78, 5) is 14.8. The van der Waals surface area contributed by atoms with E-state index in [1.165, 1.54) is 6.07 Å². The molecule has 0 saturated carbocycles. The number of hydrogen-bond donors (Lipinski definition) is 1. The first-order valence-corrected chi connectivity index (χ1v) is 6.24. The second-order valence-electron chi connectivity index (χ2n) is 4.68. The third-order valence-corrected chi connectivity index (χ3v) is 3.21. The number of pyridine rings is 1. The highest BCUT2D eigenvalue weighted by molar-refractivity contribution is 5.58. The van der Waals surface area contributed by atoms with Gasteiger partial charge in [0.15, 0.2) is 0 Å². The van der Waals surface area contributed by atoms with Gasteiger partial charge in [-0.2, -0.15) is 0 Å². The van der Waals surface area contributed by atoms with Crippen molar-refractivity contribution < 1.29 is 9.66 Å². The van der Waals surface area contributed by atoms with Crippen molar-refractivity contribution in [3.8, 4) is 5.75 Å². The van der Waals surface area contributed by atoms with Gasteiger partial charge in [-0.1, -0.05) is 18.2 Å². The Morgan fingerprint density at radius 2 is 2.25 bits per heavy atom. The van der Waals surface area contributed by atoms with E-state index >= 15 is 0 Å². The van der Waals surface area contributed by atoms with Crippen LogP contribution in [0.4, 0.5) is 11.5 Å². The minimum Gasteiger partial charge on any atom is -0.491 e. The van der Waals surface area contributed by atoms with Gasteiger partial charge in [-0.3, -0.25) is 10.1 Å². The Kier molecular flexibility index (Phi) is 2.98. The average molecular weight is 271 g/mol. The lowest BCUT2D eigenvalue weighted by Gasteiger charge is -2.12. The molecule has 1 unspecified atom stereocenters. The molecule has 1 aliphatic rings. The Morgan fingerprint density at radius 3 is 3.05 bits per heavy atom. The van der Waals surface area contributed by atoms with Crippen LogP contribution >= 0.6 is 0 Å². The maximum Gasteiger partial charge on any atom is 0.311 e. The predicted octanol–water partition coefficient (Wildman–Crippen LogP) is 2.84. The number of aryl methyl sites for hydroxylation is 1. The van der Waals surface area contributed by atoms with Crippen molar-refractivity contribution in [3.63, 3.8) is 0 Å². The van der Waals surface area contributed by atoms with Gasteiger partial charge in [0.1, 0.15) is 12.4 Å². The first-order valence-electron chi connectivity index (χ1n) is 6.24. The molecular formula is C14H13N3O3. The van der Waals surface area contributed by atoms with Crippen molar-refractivity contribution in [2.24, 2.45) is 0 Å². The number of benzene rings is 1. The fraction of sp³-hybridized carbons (Fsp3) is 0.214. The third kappa shape index (κ3) is 2.16. The zero-order valence-corrected chi connectivity index (χ0v) is 10.9. The molecule has 1 aromatic carbocycles. The van der Waals surface area contributed by atoms with Crippen molar-refractivity contribution >= 4 is 11.5 Å². The number of nitro groups is 1. The summed E-state index contributed by atoms with van der Waals surface area (Å²) in [5.41, 5.74) is 1.73. The minimum atomic E-state index is -0.427. The Morgan fingerprint density at radius 1 is 1.45 bits per heavy atom. The molecule has 2 aromatic rings. The quantitative estimate of drug-likeness (QED) is 0.686. The Labute approximate surface area is 115 Å². The zero-order chi connectivity index (χ0) is 14.1. The van der Waals surface area contributed by atoms with Crippen LogP contribution in [0.2, 0.25) is 0 Å². The molecule has 0 bridgehead atoms. The topological polar surface area (TPSA) is 77.3 Å². The van der Waals surface area contributed by atoms with Crippen LogP contribution in [-0.2, 0) is 0 Å². The molecule has 6 heteroatoms. The average Bonchev–Trinajstić information content (AvgIpc) is 2.84. The molecule has 3 rings (SSSR count). The molecular weight excluding hydrogens is 258 g/mol. The number of aromatic nitrogens is 1. The minimum absolute atomic E-state index is 0.0191. The summed E-state index contributed by atoms with van der Waals surface area (Å²) in [6.45, 7) is 2.21. The summed E-state index contributed by atoms with van der Waals surface area (Å²) in [7, 11) is 0. The molecule has 0 amide bonds. The largest absolute Gasteiger partial charge is 0.491 e. The second kappa shape index (κ2) is 4.80. The van der Waals surface area contributed by atoms with Crippen LogP contribution in [0.25, 0.3) is 0 Å². The van der Waals surface area contributed by atoms with Crippen molar-refractivity contribution in [2.45, 2.75) is 13.0 Å². The summed E-state index contributed by atoms with van der Waals surface area (Å²) in [5.74, 6) is 1.07. The van der Waals surface area contributed by atoms with E-state index in [0.717, 1.165) is 16.9 Å². The van der Waals surface area contributed by atoms with Gasteiger partial charge in [-0.25, -0.2) is 4.98 Å². The number of para-hydroxylation sites is 1.